The fourth-order valence-corrected chi connectivity index (χ4v) is 2.20. The fourth-order valence-electron chi connectivity index (χ4n) is 1.22. The maximum atomic E-state index is 11.5. The van der Waals surface area contributed by atoms with Crippen LogP contribution in [0.15, 0.2) is 0 Å². The maximum absolute atomic E-state index is 11.5. The van der Waals surface area contributed by atoms with Crippen molar-refractivity contribution in [2.45, 2.75) is 38.5 Å². The number of likely N-dealkylation sites (tertiary alicyclic amines) is 1. The summed E-state index contributed by atoms with van der Waals surface area (Å²) in [5.74, 6) is 0. The van der Waals surface area contributed by atoms with Crippen molar-refractivity contribution >= 4 is 23.0 Å². The Balaban J connectivity index is 2.27. The molecule has 0 bridgehead atoms. The summed E-state index contributed by atoms with van der Waals surface area (Å²) in [4.78, 5) is 23.9. The lowest BCUT2D eigenvalue weighted by Gasteiger charge is -2.38. The Bertz CT molecular complexity index is 266. The van der Waals surface area contributed by atoms with Crippen LogP contribution in [-0.2, 0) is 9.53 Å². The molecular weight excluding hydrogens is 214 g/mol. The van der Waals surface area contributed by atoms with E-state index >= 15 is 0 Å². The number of hydrogen-bond donors (Lipinski definition) is 0. The van der Waals surface area contributed by atoms with Crippen LogP contribution in [-0.4, -0.2) is 40.0 Å². The second-order valence-electron chi connectivity index (χ2n) is 4.62. The lowest BCUT2D eigenvalue weighted by Crippen LogP contribution is -2.53. The fraction of sp³-hybridized carbons (Fsp3) is 0.800. The first-order chi connectivity index (χ1) is 6.78. The Kier molecular flexibility index (Phi) is 3.65. The maximum Gasteiger partial charge on any atom is 0.410 e. The van der Waals surface area contributed by atoms with Gasteiger partial charge in [-0.25, -0.2) is 4.79 Å². The van der Waals surface area contributed by atoms with Gasteiger partial charge in [-0.3, -0.25) is 4.79 Å². The number of rotatable bonds is 1. The molecule has 5 heteroatoms. The van der Waals surface area contributed by atoms with Crippen LogP contribution in [0.1, 0.15) is 27.7 Å². The first-order valence-corrected chi connectivity index (χ1v) is 5.81. The van der Waals surface area contributed by atoms with Gasteiger partial charge in [-0.15, -0.1) is 0 Å². The van der Waals surface area contributed by atoms with Gasteiger partial charge in [-0.05, 0) is 20.8 Å². The van der Waals surface area contributed by atoms with E-state index in [9.17, 15) is 9.59 Å². The van der Waals surface area contributed by atoms with Gasteiger partial charge in [0.2, 0.25) is 0 Å². The summed E-state index contributed by atoms with van der Waals surface area (Å²) in [5, 5.41) is 0.346. The van der Waals surface area contributed by atoms with E-state index in [2.05, 4.69) is 0 Å². The van der Waals surface area contributed by atoms with Crippen LogP contribution >= 0.6 is 11.8 Å². The molecule has 0 unspecified atom stereocenters. The number of ether oxygens (including phenoxy) is 1. The molecule has 0 saturated carbocycles. The largest absolute Gasteiger partial charge is 0.444 e. The van der Waals surface area contributed by atoms with E-state index in [1.54, 1.807) is 11.8 Å². The number of hydrogen-bond acceptors (Lipinski definition) is 4. The predicted molar refractivity (Wildman–Crippen MR) is 59.9 cm³/mol. The number of carbonyl (C=O) groups excluding carboxylic acids is 2. The number of amides is 1. The van der Waals surface area contributed by atoms with Gasteiger partial charge in [0.15, 0.2) is 5.12 Å². The van der Waals surface area contributed by atoms with E-state index in [1.165, 1.54) is 11.8 Å². The van der Waals surface area contributed by atoms with Crippen molar-refractivity contribution in [3.8, 4) is 0 Å². The third-order valence-electron chi connectivity index (χ3n) is 1.83. The third kappa shape index (κ3) is 4.11. The second-order valence-corrected chi connectivity index (χ2v) is 6.09. The Morgan fingerprint density at radius 3 is 2.27 bits per heavy atom. The molecule has 15 heavy (non-hydrogen) atoms. The zero-order valence-electron chi connectivity index (χ0n) is 9.57. The van der Waals surface area contributed by atoms with Crippen LogP contribution in [0.4, 0.5) is 4.79 Å². The number of carbonyl (C=O) groups is 2. The first-order valence-electron chi connectivity index (χ1n) is 4.93. The third-order valence-corrected chi connectivity index (χ3v) is 2.80. The molecule has 0 aromatic heterocycles. The summed E-state index contributed by atoms with van der Waals surface area (Å²) in [7, 11) is 0. The molecule has 1 aliphatic heterocycles. The highest BCUT2D eigenvalue weighted by atomic mass is 32.2. The molecule has 86 valence electrons. The van der Waals surface area contributed by atoms with E-state index < -0.39 is 5.60 Å². The van der Waals surface area contributed by atoms with Gasteiger partial charge in [0.1, 0.15) is 5.60 Å². The minimum absolute atomic E-state index is 0.101. The van der Waals surface area contributed by atoms with Crippen LogP contribution in [0.25, 0.3) is 0 Å². The topological polar surface area (TPSA) is 46.6 Å². The highest BCUT2D eigenvalue weighted by Gasteiger charge is 2.34. The molecular formula is C10H17NO3S. The zero-order chi connectivity index (χ0) is 11.6. The van der Waals surface area contributed by atoms with E-state index in [0.29, 0.717) is 13.1 Å². The van der Waals surface area contributed by atoms with Crippen LogP contribution in [0.2, 0.25) is 0 Å². The van der Waals surface area contributed by atoms with Gasteiger partial charge in [0.25, 0.3) is 0 Å². The van der Waals surface area contributed by atoms with E-state index in [0.717, 1.165) is 0 Å². The van der Waals surface area contributed by atoms with Crippen LogP contribution in [0.5, 0.6) is 0 Å². The highest BCUT2D eigenvalue weighted by molar-refractivity contribution is 8.14. The van der Waals surface area contributed by atoms with Gasteiger partial charge in [0.05, 0.1) is 0 Å². The van der Waals surface area contributed by atoms with Crippen LogP contribution in [0.3, 0.4) is 0 Å². The molecule has 0 aromatic carbocycles. The summed E-state index contributed by atoms with van der Waals surface area (Å²) < 4.78 is 5.19. The average molecular weight is 231 g/mol. The van der Waals surface area contributed by atoms with Crippen molar-refractivity contribution in [1.82, 2.24) is 4.90 Å². The molecule has 1 saturated heterocycles. The molecule has 1 aliphatic rings. The highest BCUT2D eigenvalue weighted by Crippen LogP contribution is 2.24. The van der Waals surface area contributed by atoms with Crippen molar-refractivity contribution in [2.75, 3.05) is 13.1 Å². The summed E-state index contributed by atoms with van der Waals surface area (Å²) in [6.45, 7) is 8.28. The Labute approximate surface area is 94.3 Å². The summed E-state index contributed by atoms with van der Waals surface area (Å²) >= 11 is 1.29. The minimum Gasteiger partial charge on any atom is -0.444 e. The van der Waals surface area contributed by atoms with Gasteiger partial charge < -0.3 is 9.64 Å². The molecule has 1 heterocycles. The first kappa shape index (κ1) is 12.4. The van der Waals surface area contributed by atoms with Gasteiger partial charge >= 0.3 is 6.09 Å². The predicted octanol–water partition coefficient (Wildman–Crippen LogP) is 1.89. The lowest BCUT2D eigenvalue weighted by molar-refractivity contribution is -0.109. The standard InChI is InChI=1S/C10H17NO3S/c1-7(12)15-8-5-11(6-8)9(13)14-10(2,3)4/h8H,5-6H2,1-4H3. The van der Waals surface area contributed by atoms with Crippen molar-refractivity contribution in [3.05, 3.63) is 0 Å². The molecule has 0 aliphatic carbocycles. The van der Waals surface area contributed by atoms with Crippen LogP contribution < -0.4 is 0 Å². The molecule has 1 rings (SSSR count). The lowest BCUT2D eigenvalue weighted by atomic mass is 10.2. The van der Waals surface area contributed by atoms with E-state index in [4.69, 9.17) is 4.74 Å². The molecule has 1 amide bonds. The molecule has 1 fully saturated rings. The van der Waals surface area contributed by atoms with Crippen molar-refractivity contribution in [1.29, 1.82) is 0 Å². The summed E-state index contributed by atoms with van der Waals surface area (Å²) in [6.07, 6.45) is -0.289. The zero-order valence-corrected chi connectivity index (χ0v) is 10.4. The average Bonchev–Trinajstić information content (AvgIpc) is 1.91. The molecule has 0 spiro atoms. The molecule has 4 nitrogen and oxygen atoms in total. The minimum atomic E-state index is -0.449. The van der Waals surface area contributed by atoms with Crippen molar-refractivity contribution < 1.29 is 14.3 Å². The smallest absolute Gasteiger partial charge is 0.410 e. The normalized spacial score (nSPS) is 17.2. The number of nitrogens with zero attached hydrogens (tertiary/aromatic N) is 1. The molecule has 0 atom stereocenters. The Hall–Kier alpha value is -0.710. The molecule has 0 N–H and O–H groups in total. The second kappa shape index (κ2) is 4.43. The summed E-state index contributed by atoms with van der Waals surface area (Å²) in [6, 6.07) is 0. The quantitative estimate of drug-likeness (QED) is 0.691. The van der Waals surface area contributed by atoms with E-state index in [1.807, 2.05) is 20.8 Å². The Morgan fingerprint density at radius 1 is 1.33 bits per heavy atom. The van der Waals surface area contributed by atoms with Crippen molar-refractivity contribution in [2.24, 2.45) is 0 Å². The van der Waals surface area contributed by atoms with E-state index in [-0.39, 0.29) is 16.5 Å². The number of thioether (sulfide) groups is 1. The van der Waals surface area contributed by atoms with Crippen LogP contribution in [0, 0.1) is 0 Å². The Morgan fingerprint density at radius 2 is 1.87 bits per heavy atom. The SMILES string of the molecule is CC(=O)SC1CN(C(=O)OC(C)(C)C)C1. The van der Waals surface area contributed by atoms with Gasteiger partial charge in [-0.1, -0.05) is 11.8 Å². The molecule has 0 radical (unpaired) electrons. The monoisotopic (exact) mass is 231 g/mol. The van der Waals surface area contributed by atoms with Gasteiger partial charge in [0, 0.05) is 25.3 Å². The van der Waals surface area contributed by atoms with Crippen molar-refractivity contribution in [3.63, 3.8) is 0 Å². The molecule has 0 aromatic rings. The van der Waals surface area contributed by atoms with Gasteiger partial charge in [-0.2, -0.15) is 0 Å². The summed E-state index contributed by atoms with van der Waals surface area (Å²) in [5.41, 5.74) is -0.449.